The van der Waals surface area contributed by atoms with Crippen LogP contribution in [0.4, 0.5) is 10.1 Å². The number of ether oxygens (including phenoxy) is 1. The number of carbonyl (C=O) groups excluding carboxylic acids is 1. The van der Waals surface area contributed by atoms with Gasteiger partial charge in [-0.1, -0.05) is 29.8 Å². The molecular formula is C21H24ClFN2O2. The van der Waals surface area contributed by atoms with Crippen molar-refractivity contribution >= 4 is 23.2 Å². The number of likely N-dealkylation sites (tertiary alicyclic amines) is 1. The second-order valence-corrected chi connectivity index (χ2v) is 7.08. The molecule has 3 rings (SSSR count). The lowest BCUT2D eigenvalue weighted by atomic mass is 9.95. The summed E-state index contributed by atoms with van der Waals surface area (Å²) in [4.78, 5) is 14.8. The Morgan fingerprint density at radius 3 is 2.67 bits per heavy atom. The molecule has 144 valence electrons. The van der Waals surface area contributed by atoms with E-state index in [1.165, 1.54) is 6.07 Å². The van der Waals surface area contributed by atoms with Crippen LogP contribution in [0.5, 0.6) is 5.75 Å². The molecule has 0 aromatic heterocycles. The fraction of sp³-hybridized carbons (Fsp3) is 0.381. The third-order valence-electron chi connectivity index (χ3n) is 4.85. The van der Waals surface area contributed by atoms with Crippen molar-refractivity contribution in [3.63, 3.8) is 0 Å². The van der Waals surface area contributed by atoms with Gasteiger partial charge in [-0.25, -0.2) is 4.39 Å². The highest BCUT2D eigenvalue weighted by Crippen LogP contribution is 2.27. The minimum absolute atomic E-state index is 0.00530. The summed E-state index contributed by atoms with van der Waals surface area (Å²) in [7, 11) is 0. The van der Waals surface area contributed by atoms with Gasteiger partial charge in [-0.05, 0) is 57.1 Å². The Labute approximate surface area is 164 Å². The predicted molar refractivity (Wildman–Crippen MR) is 106 cm³/mol. The zero-order valence-corrected chi connectivity index (χ0v) is 16.1. The fourth-order valence-corrected chi connectivity index (χ4v) is 3.57. The summed E-state index contributed by atoms with van der Waals surface area (Å²) in [6, 6.07) is 12.2. The van der Waals surface area contributed by atoms with Crippen LogP contribution < -0.4 is 10.1 Å². The maximum Gasteiger partial charge on any atom is 0.227 e. The first-order valence-corrected chi connectivity index (χ1v) is 9.64. The SMILES string of the molecule is CCOc1ccccc1NC(=O)C1CCN(Cc2c(F)cccc2Cl)CC1. The van der Waals surface area contributed by atoms with Crippen LogP contribution in [-0.4, -0.2) is 30.5 Å². The largest absolute Gasteiger partial charge is 0.492 e. The molecule has 2 aromatic carbocycles. The number of anilines is 1. The van der Waals surface area contributed by atoms with Crippen molar-refractivity contribution in [2.24, 2.45) is 5.92 Å². The zero-order valence-electron chi connectivity index (χ0n) is 15.4. The molecule has 1 heterocycles. The van der Waals surface area contributed by atoms with Gasteiger partial charge in [-0.15, -0.1) is 0 Å². The quantitative estimate of drug-likeness (QED) is 0.775. The van der Waals surface area contributed by atoms with Crippen LogP contribution in [0, 0.1) is 11.7 Å². The summed E-state index contributed by atoms with van der Waals surface area (Å²) in [5.74, 6) is 0.340. The normalized spacial score (nSPS) is 15.5. The second-order valence-electron chi connectivity index (χ2n) is 6.67. The van der Waals surface area contributed by atoms with Gasteiger partial charge in [0.25, 0.3) is 0 Å². The molecule has 0 bridgehead atoms. The van der Waals surface area contributed by atoms with E-state index in [4.69, 9.17) is 16.3 Å². The summed E-state index contributed by atoms with van der Waals surface area (Å²) < 4.78 is 19.5. The van der Waals surface area contributed by atoms with Gasteiger partial charge < -0.3 is 10.1 Å². The molecule has 4 nitrogen and oxygen atoms in total. The third kappa shape index (κ3) is 4.99. The molecular weight excluding hydrogens is 367 g/mol. The van der Waals surface area contributed by atoms with E-state index in [1.807, 2.05) is 31.2 Å². The highest BCUT2D eigenvalue weighted by atomic mass is 35.5. The average Bonchev–Trinajstić information content (AvgIpc) is 2.67. The maximum absolute atomic E-state index is 14.0. The molecule has 0 aliphatic carbocycles. The fourth-order valence-electron chi connectivity index (χ4n) is 3.35. The molecule has 1 amide bonds. The number of rotatable bonds is 6. The van der Waals surface area contributed by atoms with Crippen molar-refractivity contribution in [2.75, 3.05) is 25.0 Å². The Hall–Kier alpha value is -2.11. The van der Waals surface area contributed by atoms with Crippen LogP contribution >= 0.6 is 11.6 Å². The number of carbonyl (C=O) groups is 1. The maximum atomic E-state index is 14.0. The van der Waals surface area contributed by atoms with E-state index in [2.05, 4.69) is 10.2 Å². The number of benzene rings is 2. The van der Waals surface area contributed by atoms with E-state index >= 15 is 0 Å². The summed E-state index contributed by atoms with van der Waals surface area (Å²) in [5.41, 5.74) is 1.22. The highest BCUT2D eigenvalue weighted by Gasteiger charge is 2.26. The molecule has 1 saturated heterocycles. The summed E-state index contributed by atoms with van der Waals surface area (Å²) in [6.45, 7) is 4.39. The Balaban J connectivity index is 1.55. The lowest BCUT2D eigenvalue weighted by molar-refractivity contribution is -0.121. The molecule has 1 aliphatic rings. The van der Waals surface area contributed by atoms with E-state index < -0.39 is 0 Å². The molecule has 1 aliphatic heterocycles. The molecule has 0 unspecified atom stereocenters. The molecule has 0 saturated carbocycles. The van der Waals surface area contributed by atoms with Gasteiger partial charge in [-0.2, -0.15) is 0 Å². The standard InChI is InChI=1S/C21H24ClFN2O2/c1-2-27-20-9-4-3-8-19(20)24-21(26)15-10-12-25(13-11-15)14-16-17(22)6-5-7-18(16)23/h3-9,15H,2,10-14H2,1H3,(H,24,26). The number of amides is 1. The smallest absolute Gasteiger partial charge is 0.227 e. The van der Waals surface area contributed by atoms with Gasteiger partial charge in [-0.3, -0.25) is 9.69 Å². The number of hydrogen-bond donors (Lipinski definition) is 1. The zero-order chi connectivity index (χ0) is 19.2. The lowest BCUT2D eigenvalue weighted by Gasteiger charge is -2.31. The second kappa shape index (κ2) is 9.20. The predicted octanol–water partition coefficient (Wildman–Crippen LogP) is 4.73. The molecule has 27 heavy (non-hydrogen) atoms. The minimum atomic E-state index is -0.283. The van der Waals surface area contributed by atoms with Gasteiger partial charge in [0.05, 0.1) is 12.3 Å². The van der Waals surface area contributed by atoms with Crippen molar-refractivity contribution in [2.45, 2.75) is 26.3 Å². The van der Waals surface area contributed by atoms with E-state index in [-0.39, 0.29) is 17.6 Å². The van der Waals surface area contributed by atoms with Crippen LogP contribution in [0.15, 0.2) is 42.5 Å². The van der Waals surface area contributed by atoms with Crippen molar-refractivity contribution in [3.05, 3.63) is 58.9 Å². The van der Waals surface area contributed by atoms with Crippen LogP contribution in [0.1, 0.15) is 25.3 Å². The molecule has 6 heteroatoms. The van der Waals surface area contributed by atoms with Gasteiger partial charge >= 0.3 is 0 Å². The minimum Gasteiger partial charge on any atom is -0.492 e. The van der Waals surface area contributed by atoms with Crippen LogP contribution in [0.2, 0.25) is 5.02 Å². The number of halogens is 2. The molecule has 2 aromatic rings. The summed E-state index contributed by atoms with van der Waals surface area (Å²) in [5, 5.41) is 3.43. The van der Waals surface area contributed by atoms with Crippen molar-refractivity contribution in [1.82, 2.24) is 4.90 Å². The number of nitrogens with zero attached hydrogens (tertiary/aromatic N) is 1. The molecule has 0 spiro atoms. The van der Waals surface area contributed by atoms with Crippen molar-refractivity contribution in [3.8, 4) is 5.75 Å². The Kier molecular flexibility index (Phi) is 6.69. The Morgan fingerprint density at radius 1 is 1.22 bits per heavy atom. The highest BCUT2D eigenvalue weighted by molar-refractivity contribution is 6.31. The monoisotopic (exact) mass is 390 g/mol. The first-order valence-electron chi connectivity index (χ1n) is 9.26. The topological polar surface area (TPSA) is 41.6 Å². The summed E-state index contributed by atoms with van der Waals surface area (Å²) >= 11 is 6.12. The molecule has 1 fully saturated rings. The average molecular weight is 391 g/mol. The first-order chi connectivity index (χ1) is 13.1. The number of para-hydroxylation sites is 2. The molecule has 1 N–H and O–H groups in total. The van der Waals surface area contributed by atoms with E-state index in [9.17, 15) is 9.18 Å². The van der Waals surface area contributed by atoms with Crippen LogP contribution in [0.25, 0.3) is 0 Å². The van der Waals surface area contributed by atoms with Crippen molar-refractivity contribution < 1.29 is 13.9 Å². The van der Waals surface area contributed by atoms with Gasteiger partial charge in [0.1, 0.15) is 11.6 Å². The molecule has 0 atom stereocenters. The Morgan fingerprint density at radius 2 is 1.96 bits per heavy atom. The van der Waals surface area contributed by atoms with Crippen molar-refractivity contribution in [1.29, 1.82) is 0 Å². The van der Waals surface area contributed by atoms with E-state index in [0.29, 0.717) is 35.2 Å². The van der Waals surface area contributed by atoms with E-state index in [1.54, 1.807) is 12.1 Å². The third-order valence-corrected chi connectivity index (χ3v) is 5.20. The number of hydrogen-bond acceptors (Lipinski definition) is 3. The van der Waals surface area contributed by atoms with Gasteiger partial charge in [0.15, 0.2) is 0 Å². The Bertz CT molecular complexity index is 771. The lowest BCUT2D eigenvalue weighted by Crippen LogP contribution is -2.38. The number of nitrogens with one attached hydrogen (secondary N) is 1. The van der Waals surface area contributed by atoms with Crippen LogP contribution in [0.3, 0.4) is 0 Å². The molecule has 0 radical (unpaired) electrons. The first kappa shape index (κ1) is 19.6. The van der Waals surface area contributed by atoms with Gasteiger partial charge in [0, 0.05) is 23.0 Å². The van der Waals surface area contributed by atoms with Crippen LogP contribution in [-0.2, 0) is 11.3 Å². The number of piperidine rings is 1. The summed E-state index contributed by atoms with van der Waals surface area (Å²) in [6.07, 6.45) is 1.46. The van der Waals surface area contributed by atoms with Gasteiger partial charge in [0.2, 0.25) is 5.91 Å². The van der Waals surface area contributed by atoms with E-state index in [0.717, 1.165) is 25.9 Å².